The minimum Gasteiger partial charge on any atom is -0.481 e. The molecule has 0 spiro atoms. The predicted molar refractivity (Wildman–Crippen MR) is 156 cm³/mol. The highest BCUT2D eigenvalue weighted by atomic mass is 35.5. The molecule has 0 aliphatic heterocycles. The number of nitrogens with zero attached hydrogens (tertiary/aromatic N) is 3. The number of imidazole rings is 1. The predicted octanol–water partition coefficient (Wildman–Crippen LogP) is 8.34. The van der Waals surface area contributed by atoms with E-state index in [-0.39, 0.29) is 17.8 Å². The lowest BCUT2D eigenvalue weighted by Crippen LogP contribution is -2.32. The number of ether oxygens (including phenoxy) is 2. The van der Waals surface area contributed by atoms with Crippen molar-refractivity contribution in [2.24, 2.45) is 5.92 Å². The lowest BCUT2D eigenvalue weighted by Gasteiger charge is -2.33. The molecule has 0 radical (unpaired) electrons. The molecule has 39 heavy (non-hydrogen) atoms. The topological polar surface area (TPSA) is 99.7 Å². The smallest absolute Gasteiger partial charge is 0.291 e. The zero-order valence-corrected chi connectivity index (χ0v) is 24.8. The van der Waals surface area contributed by atoms with Crippen molar-refractivity contribution in [2.45, 2.75) is 27.8 Å². The summed E-state index contributed by atoms with van der Waals surface area (Å²) in [5.41, 5.74) is 0. The fourth-order valence-electron chi connectivity index (χ4n) is 3.40. The van der Waals surface area contributed by atoms with Crippen molar-refractivity contribution in [1.29, 1.82) is 0 Å². The number of hydrogen-bond acceptors (Lipinski definition) is 7. The first kappa shape index (κ1) is 31.5. The van der Waals surface area contributed by atoms with Crippen LogP contribution in [-0.2, 0) is 16.0 Å². The van der Waals surface area contributed by atoms with Gasteiger partial charge in [0.25, 0.3) is 5.09 Å². The van der Waals surface area contributed by atoms with E-state index < -0.39 is 10.1 Å². The summed E-state index contributed by atoms with van der Waals surface area (Å²) in [6, 6.07) is 15.2. The summed E-state index contributed by atoms with van der Waals surface area (Å²) in [5.74, 6) is 0.850. The monoisotopic (exact) mass is 649 g/mol. The number of aryl methyl sites for hydroxylation is 1. The summed E-state index contributed by atoms with van der Waals surface area (Å²) in [6.07, 6.45) is 9.99. The molecule has 0 amide bonds. The van der Waals surface area contributed by atoms with Crippen molar-refractivity contribution in [2.75, 3.05) is 11.9 Å². The van der Waals surface area contributed by atoms with Crippen LogP contribution >= 0.6 is 69.9 Å². The normalized spacial score (nSPS) is 18.4. The zero-order valence-electron chi connectivity index (χ0n) is 20.2. The van der Waals surface area contributed by atoms with Gasteiger partial charge >= 0.3 is 0 Å². The number of allylic oxidation sites excluding steroid dienone is 2. The SMILES string of the molecule is ClC1=C(OCSc2ccccc2Cl)C(Cl)(OCSc2ccccc2Cl)C=CC1CCn1ccnc1.O=[N+]([O-])O. The van der Waals surface area contributed by atoms with Gasteiger partial charge in [0, 0.05) is 34.6 Å². The molecule has 1 heterocycles. The molecule has 1 aliphatic carbocycles. The van der Waals surface area contributed by atoms with Crippen LogP contribution in [-0.4, -0.2) is 36.8 Å². The van der Waals surface area contributed by atoms with E-state index in [2.05, 4.69) is 4.98 Å². The molecule has 1 N–H and O–H groups in total. The van der Waals surface area contributed by atoms with Gasteiger partial charge in [-0.1, -0.05) is 100 Å². The Hall–Kier alpha value is -2.05. The van der Waals surface area contributed by atoms with E-state index in [1.54, 1.807) is 12.5 Å². The van der Waals surface area contributed by atoms with Crippen LogP contribution in [0.4, 0.5) is 0 Å². The largest absolute Gasteiger partial charge is 0.481 e. The van der Waals surface area contributed by atoms with Gasteiger partial charge in [-0.15, -0.1) is 10.1 Å². The van der Waals surface area contributed by atoms with E-state index in [1.165, 1.54) is 23.5 Å². The molecule has 8 nitrogen and oxygen atoms in total. The summed E-state index contributed by atoms with van der Waals surface area (Å²) in [6.45, 7) is 0.755. The third-order valence-corrected chi connectivity index (χ3v) is 8.77. The van der Waals surface area contributed by atoms with Crippen LogP contribution in [0, 0.1) is 16.0 Å². The molecule has 0 bridgehead atoms. The molecule has 1 aromatic heterocycles. The fourth-order valence-corrected chi connectivity index (χ4v) is 6.21. The minimum absolute atomic E-state index is 0.0638. The second kappa shape index (κ2) is 15.7. The van der Waals surface area contributed by atoms with E-state index in [4.69, 9.17) is 71.2 Å². The molecule has 0 saturated carbocycles. The summed E-state index contributed by atoms with van der Waals surface area (Å²) in [5, 5.41) is 14.1. The summed E-state index contributed by atoms with van der Waals surface area (Å²) in [7, 11) is 0. The fraction of sp³-hybridized carbons (Fsp3) is 0.240. The van der Waals surface area contributed by atoms with Crippen LogP contribution in [0.15, 0.2) is 100.0 Å². The molecule has 0 saturated heterocycles. The second-order valence-corrected chi connectivity index (χ2v) is 11.5. The Balaban J connectivity index is 0.000000983. The van der Waals surface area contributed by atoms with E-state index in [0.717, 1.165) is 22.8 Å². The highest BCUT2D eigenvalue weighted by Crippen LogP contribution is 2.43. The Labute approximate surface area is 254 Å². The third-order valence-electron chi connectivity index (χ3n) is 5.23. The van der Waals surface area contributed by atoms with Crippen LogP contribution in [0.3, 0.4) is 0 Å². The lowest BCUT2D eigenvalue weighted by molar-refractivity contribution is -0.742. The number of rotatable bonds is 11. The highest BCUT2D eigenvalue weighted by Gasteiger charge is 2.39. The van der Waals surface area contributed by atoms with Crippen LogP contribution in [0.1, 0.15) is 6.42 Å². The maximum atomic E-state index is 8.36. The van der Waals surface area contributed by atoms with E-state index >= 15 is 0 Å². The van der Waals surface area contributed by atoms with Crippen molar-refractivity contribution in [3.05, 3.63) is 110 Å². The van der Waals surface area contributed by atoms with Gasteiger partial charge in [-0.05, 0) is 36.8 Å². The molecule has 14 heteroatoms. The number of benzene rings is 2. The number of hydrogen-bond donors (Lipinski definition) is 1. The maximum absolute atomic E-state index is 8.36. The highest BCUT2D eigenvalue weighted by molar-refractivity contribution is 7.99. The number of alkyl halides is 1. The minimum atomic E-state index is -1.50. The summed E-state index contributed by atoms with van der Waals surface area (Å²) < 4.78 is 14.3. The number of halogens is 4. The Morgan fingerprint density at radius 1 is 1.05 bits per heavy atom. The lowest BCUT2D eigenvalue weighted by atomic mass is 9.96. The molecule has 3 aromatic rings. The Bertz CT molecular complexity index is 1290. The van der Waals surface area contributed by atoms with Crippen molar-refractivity contribution in [1.82, 2.24) is 9.55 Å². The van der Waals surface area contributed by atoms with E-state index in [1.807, 2.05) is 71.4 Å². The maximum Gasteiger partial charge on any atom is 0.291 e. The third kappa shape index (κ3) is 9.82. The van der Waals surface area contributed by atoms with Crippen molar-refractivity contribution >= 4 is 69.9 Å². The van der Waals surface area contributed by atoms with E-state index in [0.29, 0.717) is 20.8 Å². The van der Waals surface area contributed by atoms with Gasteiger partial charge in [-0.25, -0.2) is 4.98 Å². The van der Waals surface area contributed by atoms with Crippen LogP contribution < -0.4 is 0 Å². The van der Waals surface area contributed by atoms with Gasteiger partial charge in [-0.2, -0.15) is 0 Å². The van der Waals surface area contributed by atoms with Crippen LogP contribution in [0.5, 0.6) is 0 Å². The second-order valence-electron chi connectivity index (χ2n) is 7.79. The molecule has 2 atom stereocenters. The molecule has 208 valence electrons. The zero-order chi connectivity index (χ0) is 28.3. The molecule has 2 unspecified atom stereocenters. The average Bonchev–Trinajstić information content (AvgIpc) is 3.41. The first-order valence-corrected chi connectivity index (χ1v) is 14.8. The average molecular weight is 651 g/mol. The van der Waals surface area contributed by atoms with Gasteiger partial charge in [-0.3, -0.25) is 0 Å². The standard InChI is InChI=1S/C25H22Cl4N2O2S2.HNO3/c26-19-5-1-3-7-21(19)34-16-32-24-23(28)18(10-13-31-14-12-30-15-31)9-11-25(24,29)33-17-35-22-8-4-2-6-20(22)27;2-1(3)4/h1-9,11-12,14-15,18H,10,13,16-17H2;(H,2,3,4). The van der Waals surface area contributed by atoms with E-state index in [9.17, 15) is 0 Å². The quantitative estimate of drug-likeness (QED) is 0.0552. The molecule has 1 aliphatic rings. The summed E-state index contributed by atoms with van der Waals surface area (Å²) >= 11 is 29.3. The Morgan fingerprint density at radius 2 is 1.64 bits per heavy atom. The first-order chi connectivity index (χ1) is 18.7. The van der Waals surface area contributed by atoms with Gasteiger partial charge in [0.2, 0.25) is 5.06 Å². The van der Waals surface area contributed by atoms with Crippen LogP contribution in [0.25, 0.3) is 0 Å². The molecule has 2 aromatic carbocycles. The molecule has 4 rings (SSSR count). The first-order valence-electron chi connectivity index (χ1n) is 11.3. The number of thioether (sulfide) groups is 2. The van der Waals surface area contributed by atoms with Gasteiger partial charge in [0.15, 0.2) is 5.76 Å². The Morgan fingerprint density at radius 3 is 2.21 bits per heavy atom. The van der Waals surface area contributed by atoms with Crippen LogP contribution in [0.2, 0.25) is 10.0 Å². The van der Waals surface area contributed by atoms with Crippen molar-refractivity contribution in [3.8, 4) is 0 Å². The summed E-state index contributed by atoms with van der Waals surface area (Å²) in [4.78, 5) is 14.3. The Kier molecular flexibility index (Phi) is 12.6. The van der Waals surface area contributed by atoms with Gasteiger partial charge in [0.1, 0.15) is 5.94 Å². The van der Waals surface area contributed by atoms with Crippen molar-refractivity contribution in [3.63, 3.8) is 0 Å². The number of aromatic nitrogens is 2. The molecular formula is C25H23Cl4N3O5S2. The van der Waals surface area contributed by atoms with Gasteiger partial charge in [0.05, 0.1) is 27.3 Å². The van der Waals surface area contributed by atoms with Crippen molar-refractivity contribution < 1.29 is 19.8 Å². The molecule has 0 fully saturated rings. The van der Waals surface area contributed by atoms with Gasteiger partial charge < -0.3 is 19.2 Å². The molecular weight excluding hydrogens is 628 g/mol.